The molecule has 1 saturated heterocycles. The van der Waals surface area contributed by atoms with E-state index in [0.29, 0.717) is 19.0 Å². The SMILES string of the molecule is CC1CCN(C(=O)Nc2ccc(F)c(F)c2F)CC1. The van der Waals surface area contributed by atoms with Crippen molar-refractivity contribution < 1.29 is 18.0 Å². The van der Waals surface area contributed by atoms with E-state index in [1.54, 1.807) is 4.90 Å². The second-order valence-corrected chi connectivity index (χ2v) is 4.82. The van der Waals surface area contributed by atoms with Crippen LogP contribution in [0, 0.1) is 23.4 Å². The molecule has 2 amide bonds. The van der Waals surface area contributed by atoms with Crippen molar-refractivity contribution in [2.75, 3.05) is 18.4 Å². The second kappa shape index (κ2) is 5.50. The fourth-order valence-electron chi connectivity index (χ4n) is 2.03. The van der Waals surface area contributed by atoms with Crippen molar-refractivity contribution in [2.24, 2.45) is 5.92 Å². The fraction of sp³-hybridized carbons (Fsp3) is 0.462. The summed E-state index contributed by atoms with van der Waals surface area (Å²) in [5.74, 6) is -3.67. The van der Waals surface area contributed by atoms with Crippen molar-refractivity contribution in [1.29, 1.82) is 0 Å². The van der Waals surface area contributed by atoms with Crippen molar-refractivity contribution in [1.82, 2.24) is 4.90 Å². The molecule has 0 bridgehead atoms. The van der Waals surface area contributed by atoms with Gasteiger partial charge in [0, 0.05) is 13.1 Å². The molecule has 104 valence electrons. The minimum absolute atomic E-state index is 0.345. The molecule has 0 atom stereocenters. The summed E-state index contributed by atoms with van der Waals surface area (Å²) < 4.78 is 39.2. The highest BCUT2D eigenvalue weighted by molar-refractivity contribution is 5.89. The van der Waals surface area contributed by atoms with Gasteiger partial charge in [0.1, 0.15) is 0 Å². The lowest BCUT2D eigenvalue weighted by atomic mass is 10.00. The predicted octanol–water partition coefficient (Wildman–Crippen LogP) is 3.37. The van der Waals surface area contributed by atoms with Crippen LogP contribution in [0.4, 0.5) is 23.7 Å². The number of likely N-dealkylation sites (tertiary alicyclic amines) is 1. The highest BCUT2D eigenvalue weighted by Crippen LogP contribution is 2.21. The van der Waals surface area contributed by atoms with Gasteiger partial charge in [0.2, 0.25) is 0 Å². The largest absolute Gasteiger partial charge is 0.325 e. The summed E-state index contributed by atoms with van der Waals surface area (Å²) in [6, 6.07) is 1.31. The molecule has 0 spiro atoms. The summed E-state index contributed by atoms with van der Waals surface area (Å²) in [5.41, 5.74) is -0.345. The summed E-state index contributed by atoms with van der Waals surface area (Å²) in [6.45, 7) is 3.26. The summed E-state index contributed by atoms with van der Waals surface area (Å²) in [6.07, 6.45) is 1.77. The third-order valence-corrected chi connectivity index (χ3v) is 3.35. The Kier molecular flexibility index (Phi) is 3.97. The van der Waals surface area contributed by atoms with Crippen LogP contribution in [-0.4, -0.2) is 24.0 Å². The average molecular weight is 272 g/mol. The Hall–Kier alpha value is -1.72. The van der Waals surface area contributed by atoms with E-state index in [4.69, 9.17) is 0 Å². The molecule has 19 heavy (non-hydrogen) atoms. The number of halogens is 3. The first-order chi connectivity index (χ1) is 8.99. The Morgan fingerprint density at radius 2 is 1.84 bits per heavy atom. The molecule has 0 aliphatic carbocycles. The van der Waals surface area contributed by atoms with Gasteiger partial charge in [0.05, 0.1) is 5.69 Å². The van der Waals surface area contributed by atoms with Gasteiger partial charge < -0.3 is 10.2 Å². The summed E-state index contributed by atoms with van der Waals surface area (Å²) in [7, 11) is 0. The highest BCUT2D eigenvalue weighted by Gasteiger charge is 2.22. The van der Waals surface area contributed by atoms with Crippen LogP contribution in [0.25, 0.3) is 0 Å². The first-order valence-electron chi connectivity index (χ1n) is 6.18. The maximum absolute atomic E-state index is 13.4. The van der Waals surface area contributed by atoms with Crippen LogP contribution in [-0.2, 0) is 0 Å². The standard InChI is InChI=1S/C13H15F3N2O/c1-8-4-6-18(7-5-8)13(19)17-10-3-2-9(14)11(15)12(10)16/h2-3,8H,4-7H2,1H3,(H,17,19). The van der Waals surface area contributed by atoms with Crippen LogP contribution in [0.5, 0.6) is 0 Å². The molecular weight excluding hydrogens is 257 g/mol. The van der Waals surface area contributed by atoms with Crippen molar-refractivity contribution in [3.8, 4) is 0 Å². The number of hydrogen-bond acceptors (Lipinski definition) is 1. The molecule has 0 unspecified atom stereocenters. The van der Waals surface area contributed by atoms with Gasteiger partial charge in [0.15, 0.2) is 17.5 Å². The van der Waals surface area contributed by atoms with E-state index >= 15 is 0 Å². The third kappa shape index (κ3) is 3.00. The maximum Gasteiger partial charge on any atom is 0.321 e. The number of benzene rings is 1. The lowest BCUT2D eigenvalue weighted by Crippen LogP contribution is -2.40. The van der Waals surface area contributed by atoms with Crippen molar-refractivity contribution in [3.05, 3.63) is 29.6 Å². The smallest absolute Gasteiger partial charge is 0.321 e. The Bertz CT molecular complexity index is 485. The number of carbonyl (C=O) groups excluding carboxylic acids is 1. The molecule has 2 rings (SSSR count). The van der Waals surface area contributed by atoms with Crippen LogP contribution in [0.3, 0.4) is 0 Å². The van der Waals surface area contributed by atoms with Crippen molar-refractivity contribution in [2.45, 2.75) is 19.8 Å². The molecule has 0 aromatic heterocycles. The van der Waals surface area contributed by atoms with E-state index < -0.39 is 23.5 Å². The number of rotatable bonds is 1. The van der Waals surface area contributed by atoms with Crippen LogP contribution >= 0.6 is 0 Å². The maximum atomic E-state index is 13.4. The Morgan fingerprint density at radius 3 is 2.47 bits per heavy atom. The number of nitrogens with zero attached hydrogens (tertiary/aromatic N) is 1. The van der Waals surface area contributed by atoms with Crippen molar-refractivity contribution in [3.63, 3.8) is 0 Å². The van der Waals surface area contributed by atoms with Crippen LogP contribution < -0.4 is 5.32 Å². The van der Waals surface area contributed by atoms with E-state index in [1.807, 2.05) is 0 Å². The minimum atomic E-state index is -1.58. The van der Waals surface area contributed by atoms with E-state index in [9.17, 15) is 18.0 Å². The zero-order valence-corrected chi connectivity index (χ0v) is 10.5. The van der Waals surface area contributed by atoms with Gasteiger partial charge in [-0.1, -0.05) is 6.92 Å². The zero-order valence-electron chi connectivity index (χ0n) is 10.5. The van der Waals surface area contributed by atoms with Gasteiger partial charge in [-0.2, -0.15) is 0 Å². The molecule has 1 heterocycles. The Balaban J connectivity index is 2.05. The Morgan fingerprint density at radius 1 is 1.21 bits per heavy atom. The molecule has 6 heteroatoms. The molecule has 1 fully saturated rings. The third-order valence-electron chi connectivity index (χ3n) is 3.35. The van der Waals surface area contributed by atoms with Crippen LogP contribution in [0.2, 0.25) is 0 Å². The lowest BCUT2D eigenvalue weighted by Gasteiger charge is -2.30. The molecular formula is C13H15F3N2O. The molecule has 1 N–H and O–H groups in total. The van der Waals surface area contributed by atoms with E-state index in [0.717, 1.165) is 25.0 Å². The first kappa shape index (κ1) is 13.7. The quantitative estimate of drug-likeness (QED) is 0.781. The average Bonchev–Trinajstić information content (AvgIpc) is 2.40. The number of piperidine rings is 1. The summed E-state index contributed by atoms with van der Waals surface area (Å²) >= 11 is 0. The number of carbonyl (C=O) groups is 1. The minimum Gasteiger partial charge on any atom is -0.325 e. The normalized spacial score (nSPS) is 16.5. The topological polar surface area (TPSA) is 32.3 Å². The van der Waals surface area contributed by atoms with Crippen LogP contribution in [0.15, 0.2) is 12.1 Å². The number of urea groups is 1. The summed E-state index contributed by atoms with van der Waals surface area (Å²) in [5, 5.41) is 2.27. The second-order valence-electron chi connectivity index (χ2n) is 4.82. The fourth-order valence-corrected chi connectivity index (χ4v) is 2.03. The number of nitrogens with one attached hydrogen (secondary N) is 1. The Labute approximate surface area is 109 Å². The number of hydrogen-bond donors (Lipinski definition) is 1. The summed E-state index contributed by atoms with van der Waals surface area (Å²) in [4.78, 5) is 13.4. The molecule has 1 aromatic carbocycles. The molecule has 1 aliphatic rings. The highest BCUT2D eigenvalue weighted by atomic mass is 19.2. The van der Waals surface area contributed by atoms with Gasteiger partial charge >= 0.3 is 6.03 Å². The number of amides is 2. The van der Waals surface area contributed by atoms with Crippen LogP contribution in [0.1, 0.15) is 19.8 Å². The van der Waals surface area contributed by atoms with E-state index in [2.05, 4.69) is 12.2 Å². The van der Waals surface area contributed by atoms with Gasteiger partial charge in [-0.25, -0.2) is 18.0 Å². The van der Waals surface area contributed by atoms with Gasteiger partial charge in [-0.3, -0.25) is 0 Å². The monoisotopic (exact) mass is 272 g/mol. The molecule has 0 radical (unpaired) electrons. The first-order valence-corrected chi connectivity index (χ1v) is 6.18. The van der Waals surface area contributed by atoms with E-state index in [1.165, 1.54) is 0 Å². The molecule has 0 saturated carbocycles. The van der Waals surface area contributed by atoms with Gasteiger partial charge in [-0.05, 0) is 30.9 Å². The van der Waals surface area contributed by atoms with Gasteiger partial charge in [0.25, 0.3) is 0 Å². The predicted molar refractivity (Wildman–Crippen MR) is 65.3 cm³/mol. The van der Waals surface area contributed by atoms with Gasteiger partial charge in [-0.15, -0.1) is 0 Å². The zero-order chi connectivity index (χ0) is 14.0. The number of anilines is 1. The van der Waals surface area contributed by atoms with Crippen molar-refractivity contribution >= 4 is 11.7 Å². The molecule has 1 aliphatic heterocycles. The lowest BCUT2D eigenvalue weighted by molar-refractivity contribution is 0.186. The van der Waals surface area contributed by atoms with E-state index in [-0.39, 0.29) is 5.69 Å². The molecule has 1 aromatic rings. The molecule has 3 nitrogen and oxygen atoms in total.